The van der Waals surface area contributed by atoms with Crippen LogP contribution in [0.1, 0.15) is 18.4 Å². The molecule has 0 spiro atoms. The zero-order valence-corrected chi connectivity index (χ0v) is 9.81. The Morgan fingerprint density at radius 3 is 3.13 bits per heavy atom. The van der Waals surface area contributed by atoms with Crippen LogP contribution in [0.3, 0.4) is 0 Å². The fourth-order valence-electron chi connectivity index (χ4n) is 1.71. The van der Waals surface area contributed by atoms with Crippen LogP contribution in [-0.2, 0) is 0 Å². The van der Waals surface area contributed by atoms with E-state index in [4.69, 9.17) is 5.73 Å². The maximum absolute atomic E-state index is 5.73. The van der Waals surface area contributed by atoms with Gasteiger partial charge in [-0.15, -0.1) is 0 Å². The van der Waals surface area contributed by atoms with Crippen LogP contribution in [0, 0.1) is 6.92 Å². The summed E-state index contributed by atoms with van der Waals surface area (Å²) in [5, 5.41) is 3.46. The predicted octanol–water partition coefficient (Wildman–Crippen LogP) is 2.28. The van der Waals surface area contributed by atoms with Crippen molar-refractivity contribution in [1.82, 2.24) is 4.98 Å². The normalized spacial score (nSPS) is 21.3. The largest absolute Gasteiger partial charge is 0.397 e. The van der Waals surface area contributed by atoms with Gasteiger partial charge >= 0.3 is 0 Å². The number of rotatable bonds is 2. The molecule has 1 saturated heterocycles. The Kier molecular flexibility index (Phi) is 3.36. The number of nitrogen functional groups attached to an aromatic ring is 1. The van der Waals surface area contributed by atoms with E-state index in [2.05, 4.69) is 10.3 Å². The van der Waals surface area contributed by atoms with E-state index in [0.717, 1.165) is 17.1 Å². The van der Waals surface area contributed by atoms with E-state index in [0.29, 0.717) is 6.04 Å². The Labute approximate surface area is 94.8 Å². The third-order valence-corrected chi connectivity index (χ3v) is 3.88. The predicted molar refractivity (Wildman–Crippen MR) is 67.4 cm³/mol. The van der Waals surface area contributed by atoms with Crippen molar-refractivity contribution >= 4 is 23.3 Å². The van der Waals surface area contributed by atoms with Crippen LogP contribution in [0.5, 0.6) is 0 Å². The smallest absolute Gasteiger partial charge is 0.126 e. The Hall–Kier alpha value is -0.900. The summed E-state index contributed by atoms with van der Waals surface area (Å²) in [7, 11) is 0. The molecular weight excluding hydrogens is 206 g/mol. The molecule has 1 atom stereocenters. The molecule has 0 aromatic carbocycles. The van der Waals surface area contributed by atoms with Gasteiger partial charge in [-0.1, -0.05) is 0 Å². The molecule has 1 fully saturated rings. The molecule has 0 aliphatic carbocycles. The zero-order valence-electron chi connectivity index (χ0n) is 8.99. The number of nitrogens with two attached hydrogens (primary N) is 1. The average Bonchev–Trinajstić information content (AvgIpc) is 2.25. The molecule has 2 rings (SSSR count). The monoisotopic (exact) mass is 223 g/mol. The summed E-state index contributed by atoms with van der Waals surface area (Å²) >= 11 is 2.01. The number of pyridine rings is 1. The number of nitrogens with one attached hydrogen (secondary N) is 1. The maximum atomic E-state index is 5.73. The SMILES string of the molecule is Cc1cc(NC2CCCSC2)ncc1N. The first kappa shape index (κ1) is 10.6. The summed E-state index contributed by atoms with van der Waals surface area (Å²) in [6.45, 7) is 2.01. The van der Waals surface area contributed by atoms with E-state index < -0.39 is 0 Å². The lowest BCUT2D eigenvalue weighted by atomic mass is 10.2. The minimum Gasteiger partial charge on any atom is -0.397 e. The molecule has 1 aromatic heterocycles. The molecule has 0 amide bonds. The van der Waals surface area contributed by atoms with Crippen molar-refractivity contribution in [2.24, 2.45) is 0 Å². The molecule has 82 valence electrons. The summed E-state index contributed by atoms with van der Waals surface area (Å²) in [4.78, 5) is 4.29. The molecule has 3 nitrogen and oxygen atoms in total. The standard InChI is InChI=1S/C11H17N3S/c1-8-5-11(13-6-10(8)12)14-9-3-2-4-15-7-9/h5-6,9H,2-4,7,12H2,1H3,(H,13,14). The summed E-state index contributed by atoms with van der Waals surface area (Å²) in [5.41, 5.74) is 7.58. The summed E-state index contributed by atoms with van der Waals surface area (Å²) in [6, 6.07) is 2.59. The van der Waals surface area contributed by atoms with Gasteiger partial charge in [0.25, 0.3) is 0 Å². The molecule has 2 heterocycles. The first-order valence-corrected chi connectivity index (χ1v) is 6.47. The van der Waals surface area contributed by atoms with E-state index in [1.807, 2.05) is 24.8 Å². The second-order valence-corrected chi connectivity index (χ2v) is 5.13. The Balaban J connectivity index is 2.00. The van der Waals surface area contributed by atoms with Gasteiger partial charge in [-0.2, -0.15) is 11.8 Å². The van der Waals surface area contributed by atoms with Crippen LogP contribution in [0.25, 0.3) is 0 Å². The van der Waals surface area contributed by atoms with E-state index in [-0.39, 0.29) is 0 Å². The van der Waals surface area contributed by atoms with Gasteiger partial charge in [0.15, 0.2) is 0 Å². The minimum absolute atomic E-state index is 0.569. The molecular formula is C11H17N3S. The van der Waals surface area contributed by atoms with Crippen LogP contribution in [0.15, 0.2) is 12.3 Å². The third-order valence-electron chi connectivity index (χ3n) is 2.66. The van der Waals surface area contributed by atoms with E-state index >= 15 is 0 Å². The Morgan fingerprint density at radius 1 is 1.60 bits per heavy atom. The highest BCUT2D eigenvalue weighted by atomic mass is 32.2. The van der Waals surface area contributed by atoms with Crippen molar-refractivity contribution in [3.05, 3.63) is 17.8 Å². The molecule has 3 N–H and O–H groups in total. The number of nitrogens with zero attached hydrogens (tertiary/aromatic N) is 1. The van der Waals surface area contributed by atoms with Crippen molar-refractivity contribution in [2.75, 3.05) is 22.6 Å². The highest BCUT2D eigenvalue weighted by molar-refractivity contribution is 7.99. The Bertz CT molecular complexity index is 335. The molecule has 15 heavy (non-hydrogen) atoms. The van der Waals surface area contributed by atoms with Crippen LogP contribution in [0.4, 0.5) is 11.5 Å². The second kappa shape index (κ2) is 4.75. The maximum Gasteiger partial charge on any atom is 0.126 e. The molecule has 0 bridgehead atoms. The number of anilines is 2. The second-order valence-electron chi connectivity index (χ2n) is 3.98. The lowest BCUT2D eigenvalue weighted by Crippen LogP contribution is -2.26. The molecule has 1 aromatic rings. The van der Waals surface area contributed by atoms with Crippen LogP contribution >= 0.6 is 11.8 Å². The topological polar surface area (TPSA) is 50.9 Å². The van der Waals surface area contributed by atoms with E-state index in [1.165, 1.54) is 24.3 Å². The summed E-state index contributed by atoms with van der Waals surface area (Å²) in [5.74, 6) is 3.44. The van der Waals surface area contributed by atoms with Gasteiger partial charge in [-0.25, -0.2) is 4.98 Å². The average molecular weight is 223 g/mol. The fraction of sp³-hybridized carbons (Fsp3) is 0.545. The number of aryl methyl sites for hydroxylation is 1. The third kappa shape index (κ3) is 2.78. The van der Waals surface area contributed by atoms with Crippen LogP contribution < -0.4 is 11.1 Å². The summed E-state index contributed by atoms with van der Waals surface area (Å²) in [6.07, 6.45) is 4.28. The molecule has 0 saturated carbocycles. The zero-order chi connectivity index (χ0) is 10.7. The van der Waals surface area contributed by atoms with Gasteiger partial charge in [-0.3, -0.25) is 0 Å². The van der Waals surface area contributed by atoms with Gasteiger partial charge in [0, 0.05) is 11.8 Å². The highest BCUT2D eigenvalue weighted by Gasteiger charge is 2.13. The number of aromatic nitrogens is 1. The van der Waals surface area contributed by atoms with E-state index in [1.54, 1.807) is 6.20 Å². The van der Waals surface area contributed by atoms with Crippen LogP contribution in [0.2, 0.25) is 0 Å². The first-order valence-electron chi connectivity index (χ1n) is 5.32. The Morgan fingerprint density at radius 2 is 2.47 bits per heavy atom. The minimum atomic E-state index is 0.569. The fourth-order valence-corrected chi connectivity index (χ4v) is 2.78. The van der Waals surface area contributed by atoms with Gasteiger partial charge in [-0.05, 0) is 37.1 Å². The van der Waals surface area contributed by atoms with E-state index in [9.17, 15) is 0 Å². The quantitative estimate of drug-likeness (QED) is 0.807. The number of thioether (sulfide) groups is 1. The molecule has 1 unspecified atom stereocenters. The molecule has 1 aliphatic heterocycles. The summed E-state index contributed by atoms with van der Waals surface area (Å²) < 4.78 is 0. The lowest BCUT2D eigenvalue weighted by Gasteiger charge is -2.23. The molecule has 1 aliphatic rings. The van der Waals surface area contributed by atoms with Crippen LogP contribution in [-0.4, -0.2) is 22.5 Å². The lowest BCUT2D eigenvalue weighted by molar-refractivity contribution is 0.682. The first-order chi connectivity index (χ1) is 7.25. The number of hydrogen-bond acceptors (Lipinski definition) is 4. The van der Waals surface area contributed by atoms with Crippen molar-refractivity contribution in [1.29, 1.82) is 0 Å². The molecule has 4 heteroatoms. The van der Waals surface area contributed by atoms with Gasteiger partial charge in [0.2, 0.25) is 0 Å². The highest BCUT2D eigenvalue weighted by Crippen LogP contribution is 2.21. The van der Waals surface area contributed by atoms with Crippen molar-refractivity contribution in [2.45, 2.75) is 25.8 Å². The van der Waals surface area contributed by atoms with Crippen molar-refractivity contribution in [3.8, 4) is 0 Å². The van der Waals surface area contributed by atoms with Crippen molar-refractivity contribution < 1.29 is 0 Å². The molecule has 0 radical (unpaired) electrons. The van der Waals surface area contributed by atoms with Crippen molar-refractivity contribution in [3.63, 3.8) is 0 Å². The van der Waals surface area contributed by atoms with Gasteiger partial charge in [0.1, 0.15) is 5.82 Å². The van der Waals surface area contributed by atoms with Gasteiger partial charge in [0.05, 0.1) is 11.9 Å². The number of hydrogen-bond donors (Lipinski definition) is 2. The van der Waals surface area contributed by atoms with Gasteiger partial charge < -0.3 is 11.1 Å².